The van der Waals surface area contributed by atoms with E-state index in [0.29, 0.717) is 19.4 Å². The van der Waals surface area contributed by atoms with Crippen molar-refractivity contribution in [3.8, 4) is 0 Å². The first-order chi connectivity index (χ1) is 9.27. The summed E-state index contributed by atoms with van der Waals surface area (Å²) in [5.41, 5.74) is -1.44. The van der Waals surface area contributed by atoms with Crippen molar-refractivity contribution >= 4 is 28.0 Å². The molecule has 0 N–H and O–H groups in total. The molecule has 1 aliphatic rings. The van der Waals surface area contributed by atoms with Crippen molar-refractivity contribution in [1.29, 1.82) is 0 Å². The average Bonchev–Trinajstić information content (AvgIpc) is 2.78. The Morgan fingerprint density at radius 1 is 1.35 bits per heavy atom. The number of alkyl halides is 1. The van der Waals surface area contributed by atoms with Crippen molar-refractivity contribution in [2.24, 2.45) is 0 Å². The third kappa shape index (κ3) is 3.87. The topological polar surface area (TPSA) is 55.8 Å². The normalized spacial score (nSPS) is 22.8. The number of esters is 1. The molecule has 0 saturated carbocycles. The van der Waals surface area contributed by atoms with E-state index in [1.165, 1.54) is 7.11 Å². The van der Waals surface area contributed by atoms with Crippen LogP contribution in [0, 0.1) is 0 Å². The van der Waals surface area contributed by atoms with Crippen LogP contribution in [0.4, 0.5) is 4.79 Å². The van der Waals surface area contributed by atoms with Crippen molar-refractivity contribution in [2.45, 2.75) is 57.6 Å². The molecule has 0 radical (unpaired) electrons. The Kier molecular flexibility index (Phi) is 5.86. The smallest absolute Gasteiger partial charge is 0.411 e. The Morgan fingerprint density at radius 3 is 2.50 bits per heavy atom. The fraction of sp³-hybridized carbons (Fsp3) is 0.857. The molecule has 6 heteroatoms. The maximum atomic E-state index is 12.3. The van der Waals surface area contributed by atoms with Crippen LogP contribution in [0.2, 0.25) is 0 Å². The van der Waals surface area contributed by atoms with Crippen LogP contribution in [0.1, 0.15) is 46.5 Å². The Balaban J connectivity index is 2.96. The number of hydrogen-bond donors (Lipinski definition) is 0. The molecule has 0 bridgehead atoms. The lowest BCUT2D eigenvalue weighted by atomic mass is 9.91. The van der Waals surface area contributed by atoms with Crippen LogP contribution in [-0.4, -0.2) is 47.1 Å². The van der Waals surface area contributed by atoms with Crippen LogP contribution in [0.15, 0.2) is 0 Å². The molecule has 1 rings (SSSR count). The van der Waals surface area contributed by atoms with E-state index in [0.717, 1.165) is 18.2 Å². The third-order valence-electron chi connectivity index (χ3n) is 3.39. The Morgan fingerprint density at radius 2 is 2.00 bits per heavy atom. The molecule has 5 nitrogen and oxygen atoms in total. The van der Waals surface area contributed by atoms with Crippen LogP contribution in [0.25, 0.3) is 0 Å². The highest BCUT2D eigenvalue weighted by molar-refractivity contribution is 9.09. The van der Waals surface area contributed by atoms with Crippen molar-refractivity contribution in [1.82, 2.24) is 4.90 Å². The van der Waals surface area contributed by atoms with Crippen LogP contribution in [0.5, 0.6) is 0 Å². The molecule has 1 aliphatic heterocycles. The van der Waals surface area contributed by atoms with Gasteiger partial charge in [0, 0.05) is 11.9 Å². The summed E-state index contributed by atoms with van der Waals surface area (Å²) in [6.45, 7) is 5.99. The van der Waals surface area contributed by atoms with Gasteiger partial charge in [0.2, 0.25) is 0 Å². The molecular weight excluding hydrogens is 326 g/mol. The molecular formula is C14H24BrNO4. The highest BCUT2D eigenvalue weighted by Gasteiger charge is 2.51. The summed E-state index contributed by atoms with van der Waals surface area (Å²) in [5.74, 6) is -0.346. The molecule has 0 spiro atoms. The summed E-state index contributed by atoms with van der Waals surface area (Å²) in [6.07, 6.45) is 2.37. The van der Waals surface area contributed by atoms with Gasteiger partial charge in [-0.2, -0.15) is 0 Å². The van der Waals surface area contributed by atoms with Gasteiger partial charge < -0.3 is 9.47 Å². The Bertz CT molecular complexity index is 367. The van der Waals surface area contributed by atoms with E-state index < -0.39 is 17.2 Å². The van der Waals surface area contributed by atoms with Crippen LogP contribution >= 0.6 is 15.9 Å². The highest BCUT2D eigenvalue weighted by atomic mass is 79.9. The number of halogens is 1. The van der Waals surface area contributed by atoms with Crippen LogP contribution in [-0.2, 0) is 14.3 Å². The lowest BCUT2D eigenvalue weighted by Gasteiger charge is -2.36. The van der Waals surface area contributed by atoms with Gasteiger partial charge in [-0.15, -0.1) is 0 Å². The van der Waals surface area contributed by atoms with Crippen LogP contribution in [0.3, 0.4) is 0 Å². The van der Waals surface area contributed by atoms with E-state index in [1.807, 2.05) is 20.8 Å². The molecule has 20 heavy (non-hydrogen) atoms. The van der Waals surface area contributed by atoms with E-state index in [-0.39, 0.29) is 5.97 Å². The maximum Gasteiger partial charge on any atom is 0.411 e. The van der Waals surface area contributed by atoms with Crippen molar-refractivity contribution < 1.29 is 19.1 Å². The molecule has 1 fully saturated rings. The number of carbonyl (C=O) groups excluding carboxylic acids is 2. The van der Waals surface area contributed by atoms with Gasteiger partial charge in [-0.3, -0.25) is 4.90 Å². The molecule has 1 atom stereocenters. The largest absolute Gasteiger partial charge is 0.467 e. The summed E-state index contributed by atoms with van der Waals surface area (Å²) in [5, 5.41) is 0.786. The summed E-state index contributed by atoms with van der Waals surface area (Å²) in [6, 6.07) is 0. The molecule has 1 saturated heterocycles. The minimum Gasteiger partial charge on any atom is -0.467 e. The third-order valence-corrected chi connectivity index (χ3v) is 3.95. The second-order valence-corrected chi connectivity index (χ2v) is 6.84. The van der Waals surface area contributed by atoms with Gasteiger partial charge >= 0.3 is 12.1 Å². The number of amides is 1. The quantitative estimate of drug-likeness (QED) is 0.578. The SMILES string of the molecule is COC(=O)[C@]1(CCCBr)CCCN1C(=O)OC(C)(C)C. The van der Waals surface area contributed by atoms with Crippen LogP contribution < -0.4 is 0 Å². The van der Waals surface area contributed by atoms with E-state index in [9.17, 15) is 9.59 Å². The van der Waals surface area contributed by atoms with Crippen molar-refractivity contribution in [2.75, 3.05) is 19.0 Å². The van der Waals surface area contributed by atoms with Gasteiger partial charge in [0.25, 0.3) is 0 Å². The number of methoxy groups -OCH3 is 1. The zero-order valence-corrected chi connectivity index (χ0v) is 14.3. The maximum absolute atomic E-state index is 12.3. The van der Waals surface area contributed by atoms with E-state index in [1.54, 1.807) is 4.90 Å². The zero-order chi connectivity index (χ0) is 15.4. The fourth-order valence-electron chi connectivity index (χ4n) is 2.59. The number of carbonyl (C=O) groups is 2. The molecule has 0 aromatic carbocycles. The summed E-state index contributed by atoms with van der Waals surface area (Å²) in [7, 11) is 1.36. The standard InChI is InChI=1S/C14H24BrNO4/c1-13(2,3)20-12(18)16-10-6-8-14(16,7-5-9-15)11(17)19-4/h5-10H2,1-4H3/t14-/m0/s1. The van der Waals surface area contributed by atoms with Crippen molar-refractivity contribution in [3.05, 3.63) is 0 Å². The summed E-state index contributed by atoms with van der Waals surface area (Å²) in [4.78, 5) is 26.1. The van der Waals surface area contributed by atoms with Gasteiger partial charge in [0.05, 0.1) is 7.11 Å². The first kappa shape index (κ1) is 17.3. The highest BCUT2D eigenvalue weighted by Crippen LogP contribution is 2.36. The first-order valence-electron chi connectivity index (χ1n) is 6.92. The van der Waals surface area contributed by atoms with E-state index in [2.05, 4.69) is 15.9 Å². The minimum atomic E-state index is -0.870. The van der Waals surface area contributed by atoms with Gasteiger partial charge in [-0.1, -0.05) is 15.9 Å². The zero-order valence-electron chi connectivity index (χ0n) is 12.7. The number of likely N-dealkylation sites (tertiary alicyclic amines) is 1. The van der Waals surface area contributed by atoms with Gasteiger partial charge in [-0.05, 0) is 46.5 Å². The molecule has 0 unspecified atom stereocenters. The van der Waals surface area contributed by atoms with Gasteiger partial charge in [0.15, 0.2) is 0 Å². The van der Waals surface area contributed by atoms with Gasteiger partial charge in [0.1, 0.15) is 11.1 Å². The van der Waals surface area contributed by atoms with Gasteiger partial charge in [-0.25, -0.2) is 9.59 Å². The van der Waals surface area contributed by atoms with Crippen molar-refractivity contribution in [3.63, 3.8) is 0 Å². The molecule has 1 heterocycles. The molecule has 0 aromatic rings. The van der Waals surface area contributed by atoms with E-state index >= 15 is 0 Å². The summed E-state index contributed by atoms with van der Waals surface area (Å²) >= 11 is 3.37. The molecule has 116 valence electrons. The lowest BCUT2D eigenvalue weighted by molar-refractivity contribution is -0.153. The Labute approximate surface area is 129 Å². The number of nitrogens with zero attached hydrogens (tertiary/aromatic N) is 1. The Hall–Kier alpha value is -0.780. The summed E-state index contributed by atoms with van der Waals surface area (Å²) < 4.78 is 10.4. The number of rotatable bonds is 4. The van der Waals surface area contributed by atoms with E-state index in [4.69, 9.17) is 9.47 Å². The number of hydrogen-bond acceptors (Lipinski definition) is 4. The lowest BCUT2D eigenvalue weighted by Crippen LogP contribution is -2.54. The first-order valence-corrected chi connectivity index (χ1v) is 8.04. The molecule has 0 aromatic heterocycles. The second kappa shape index (κ2) is 6.78. The second-order valence-electron chi connectivity index (χ2n) is 6.05. The predicted octanol–water partition coefficient (Wildman–Crippen LogP) is 3.10. The fourth-order valence-corrected chi connectivity index (χ4v) is 2.87. The molecule has 1 amide bonds. The monoisotopic (exact) mass is 349 g/mol. The predicted molar refractivity (Wildman–Crippen MR) is 79.9 cm³/mol. The number of ether oxygens (including phenoxy) is 2. The molecule has 0 aliphatic carbocycles. The average molecular weight is 350 g/mol. The minimum absolute atomic E-state index is 0.346.